The fourth-order valence-corrected chi connectivity index (χ4v) is 4.71. The Labute approximate surface area is 142 Å². The van der Waals surface area contributed by atoms with Gasteiger partial charge in [0.2, 0.25) is 5.91 Å². The van der Waals surface area contributed by atoms with Crippen molar-refractivity contribution >= 4 is 5.91 Å². The van der Waals surface area contributed by atoms with Crippen LogP contribution >= 0.6 is 0 Å². The van der Waals surface area contributed by atoms with Crippen LogP contribution in [0.4, 0.5) is 0 Å². The average Bonchev–Trinajstić information content (AvgIpc) is 3.15. The maximum Gasteiger partial charge on any atom is 0.237 e. The summed E-state index contributed by atoms with van der Waals surface area (Å²) in [6, 6.07) is 0.858. The minimum Gasteiger partial charge on any atom is -0.354 e. The largest absolute Gasteiger partial charge is 0.354 e. The van der Waals surface area contributed by atoms with Gasteiger partial charge in [0.1, 0.15) is 0 Å². The van der Waals surface area contributed by atoms with Gasteiger partial charge in [0, 0.05) is 38.8 Å². The van der Waals surface area contributed by atoms with Gasteiger partial charge in [-0.1, -0.05) is 32.1 Å². The minimum atomic E-state index is 0.0318. The highest BCUT2D eigenvalue weighted by Crippen LogP contribution is 2.25. The van der Waals surface area contributed by atoms with Gasteiger partial charge in [0.25, 0.3) is 0 Å². The number of piperazine rings is 1. The van der Waals surface area contributed by atoms with Gasteiger partial charge in [-0.15, -0.1) is 0 Å². The predicted molar refractivity (Wildman–Crippen MR) is 94.4 cm³/mol. The Balaban J connectivity index is 1.37. The first-order valence-electron chi connectivity index (χ1n) is 10.00. The molecule has 0 aromatic heterocycles. The predicted octanol–water partition coefficient (Wildman–Crippen LogP) is 2.63. The number of nitrogens with one attached hydrogen (secondary N) is 1. The lowest BCUT2D eigenvalue weighted by Gasteiger charge is -2.40. The van der Waals surface area contributed by atoms with Crippen LogP contribution in [0.3, 0.4) is 0 Å². The Kier molecular flexibility index (Phi) is 6.35. The SMILES string of the molecule is CC(C(=O)NCC1CCCCC1)N1CCN(C2CCCC2)CC1. The monoisotopic (exact) mass is 321 g/mol. The Morgan fingerprint density at radius 3 is 2.22 bits per heavy atom. The summed E-state index contributed by atoms with van der Waals surface area (Å²) < 4.78 is 0. The zero-order valence-electron chi connectivity index (χ0n) is 14.9. The van der Waals surface area contributed by atoms with E-state index in [1.54, 1.807) is 0 Å². The molecular weight excluding hydrogens is 286 g/mol. The molecule has 0 spiro atoms. The zero-order chi connectivity index (χ0) is 16.1. The Hall–Kier alpha value is -0.610. The molecule has 2 saturated carbocycles. The highest BCUT2D eigenvalue weighted by molar-refractivity contribution is 5.81. The number of rotatable bonds is 5. The van der Waals surface area contributed by atoms with E-state index in [9.17, 15) is 4.79 Å². The second-order valence-corrected chi connectivity index (χ2v) is 7.94. The van der Waals surface area contributed by atoms with Gasteiger partial charge >= 0.3 is 0 Å². The van der Waals surface area contributed by atoms with E-state index in [1.165, 1.54) is 57.8 Å². The van der Waals surface area contributed by atoms with Gasteiger partial charge in [-0.3, -0.25) is 14.6 Å². The molecule has 3 fully saturated rings. The summed E-state index contributed by atoms with van der Waals surface area (Å²) in [5.74, 6) is 0.962. The molecule has 1 saturated heterocycles. The van der Waals surface area contributed by atoms with Gasteiger partial charge < -0.3 is 5.32 Å². The molecule has 1 unspecified atom stereocenters. The minimum absolute atomic E-state index is 0.0318. The van der Waals surface area contributed by atoms with E-state index in [4.69, 9.17) is 0 Å². The average molecular weight is 322 g/mol. The van der Waals surface area contributed by atoms with Crippen molar-refractivity contribution in [3.05, 3.63) is 0 Å². The van der Waals surface area contributed by atoms with E-state index in [1.807, 2.05) is 0 Å². The zero-order valence-corrected chi connectivity index (χ0v) is 14.9. The summed E-state index contributed by atoms with van der Waals surface area (Å²) >= 11 is 0. The summed E-state index contributed by atoms with van der Waals surface area (Å²) in [5.41, 5.74) is 0. The molecule has 0 aromatic carbocycles. The Bertz CT molecular complexity index is 367. The molecule has 3 rings (SSSR count). The number of carbonyl (C=O) groups is 1. The fourth-order valence-electron chi connectivity index (χ4n) is 4.71. The van der Waals surface area contributed by atoms with Gasteiger partial charge in [-0.25, -0.2) is 0 Å². The van der Waals surface area contributed by atoms with Crippen molar-refractivity contribution in [1.29, 1.82) is 0 Å². The first kappa shape index (κ1) is 17.2. The van der Waals surface area contributed by atoms with Crippen LogP contribution in [0.25, 0.3) is 0 Å². The van der Waals surface area contributed by atoms with Crippen molar-refractivity contribution in [3.63, 3.8) is 0 Å². The molecule has 1 aliphatic heterocycles. The third kappa shape index (κ3) is 4.69. The van der Waals surface area contributed by atoms with Crippen LogP contribution in [-0.2, 0) is 4.79 Å². The third-order valence-electron chi connectivity index (χ3n) is 6.41. The molecule has 4 heteroatoms. The van der Waals surface area contributed by atoms with Gasteiger partial charge in [0.15, 0.2) is 0 Å². The summed E-state index contributed by atoms with van der Waals surface area (Å²) in [6.45, 7) is 7.37. The number of nitrogens with zero attached hydrogens (tertiary/aromatic N) is 2. The Morgan fingerprint density at radius 2 is 1.57 bits per heavy atom. The van der Waals surface area contributed by atoms with E-state index < -0.39 is 0 Å². The molecule has 1 heterocycles. The number of hydrogen-bond donors (Lipinski definition) is 1. The van der Waals surface area contributed by atoms with Crippen LogP contribution in [-0.4, -0.2) is 60.5 Å². The van der Waals surface area contributed by atoms with Crippen LogP contribution in [0, 0.1) is 5.92 Å². The maximum absolute atomic E-state index is 12.5. The van der Waals surface area contributed by atoms with E-state index >= 15 is 0 Å². The van der Waals surface area contributed by atoms with Crippen molar-refractivity contribution in [1.82, 2.24) is 15.1 Å². The second kappa shape index (κ2) is 8.48. The van der Waals surface area contributed by atoms with E-state index in [0.717, 1.165) is 44.7 Å². The molecule has 23 heavy (non-hydrogen) atoms. The fraction of sp³-hybridized carbons (Fsp3) is 0.947. The molecule has 3 aliphatic rings. The van der Waals surface area contributed by atoms with Crippen molar-refractivity contribution in [2.24, 2.45) is 5.92 Å². The first-order valence-corrected chi connectivity index (χ1v) is 10.00. The summed E-state index contributed by atoms with van der Waals surface area (Å²) in [7, 11) is 0. The topological polar surface area (TPSA) is 35.6 Å². The van der Waals surface area contributed by atoms with Crippen LogP contribution in [0.5, 0.6) is 0 Å². The molecule has 1 N–H and O–H groups in total. The smallest absolute Gasteiger partial charge is 0.237 e. The second-order valence-electron chi connectivity index (χ2n) is 7.94. The number of hydrogen-bond acceptors (Lipinski definition) is 3. The number of carbonyl (C=O) groups excluding carboxylic acids is 1. The normalized spacial score (nSPS) is 27.2. The molecule has 2 aliphatic carbocycles. The van der Waals surface area contributed by atoms with Gasteiger partial charge in [0.05, 0.1) is 6.04 Å². The lowest BCUT2D eigenvalue weighted by molar-refractivity contribution is -0.126. The quantitative estimate of drug-likeness (QED) is 0.845. The molecule has 132 valence electrons. The first-order chi connectivity index (χ1) is 11.2. The standard InChI is InChI=1S/C19H35N3O/c1-16(19(23)20-15-17-7-3-2-4-8-17)21-11-13-22(14-12-21)18-9-5-6-10-18/h16-18H,2-15H2,1H3,(H,20,23). The van der Waals surface area contributed by atoms with Gasteiger partial charge in [-0.05, 0) is 38.5 Å². The van der Waals surface area contributed by atoms with Crippen molar-refractivity contribution < 1.29 is 4.79 Å². The Morgan fingerprint density at radius 1 is 0.957 bits per heavy atom. The molecule has 4 nitrogen and oxygen atoms in total. The van der Waals surface area contributed by atoms with Crippen molar-refractivity contribution in [3.8, 4) is 0 Å². The molecule has 0 aromatic rings. The molecule has 1 atom stereocenters. The van der Waals surface area contributed by atoms with Crippen molar-refractivity contribution in [2.75, 3.05) is 32.7 Å². The molecule has 1 amide bonds. The van der Waals surface area contributed by atoms with E-state index in [0.29, 0.717) is 0 Å². The molecule has 0 radical (unpaired) electrons. The summed E-state index contributed by atoms with van der Waals surface area (Å²) in [6.07, 6.45) is 12.3. The van der Waals surface area contributed by atoms with Crippen molar-refractivity contribution in [2.45, 2.75) is 76.8 Å². The molecular formula is C19H35N3O. The van der Waals surface area contributed by atoms with Crippen LogP contribution < -0.4 is 5.32 Å². The highest BCUT2D eigenvalue weighted by atomic mass is 16.2. The van der Waals surface area contributed by atoms with Crippen LogP contribution in [0.15, 0.2) is 0 Å². The summed E-state index contributed by atoms with van der Waals surface area (Å²) in [5, 5.41) is 3.22. The van der Waals surface area contributed by atoms with Crippen LogP contribution in [0.2, 0.25) is 0 Å². The molecule has 0 bridgehead atoms. The third-order valence-corrected chi connectivity index (χ3v) is 6.41. The lowest BCUT2D eigenvalue weighted by Crippen LogP contribution is -2.55. The van der Waals surface area contributed by atoms with E-state index in [2.05, 4.69) is 22.0 Å². The number of amides is 1. The van der Waals surface area contributed by atoms with Gasteiger partial charge in [-0.2, -0.15) is 0 Å². The lowest BCUT2D eigenvalue weighted by atomic mass is 9.89. The van der Waals surface area contributed by atoms with Crippen LogP contribution in [0.1, 0.15) is 64.7 Å². The highest BCUT2D eigenvalue weighted by Gasteiger charge is 2.30. The van der Waals surface area contributed by atoms with E-state index in [-0.39, 0.29) is 11.9 Å². The summed E-state index contributed by atoms with van der Waals surface area (Å²) in [4.78, 5) is 17.5. The maximum atomic E-state index is 12.5.